The van der Waals surface area contributed by atoms with Crippen LogP contribution in [0.25, 0.3) is 0 Å². The predicted molar refractivity (Wildman–Crippen MR) is 73.3 cm³/mol. The van der Waals surface area contributed by atoms with E-state index < -0.39 is 6.10 Å². The standard InChI is InChI=1S/C13H14N2O4S/c16-9(10-3-1-5-19-10)7-14-12(17)8-15-13(18)11-4-2-6-20-11/h1-6,9,16H,7-8H2,(H,14,17)(H,15,18). The molecule has 3 N–H and O–H groups in total. The third-order valence-electron chi connectivity index (χ3n) is 2.52. The molecule has 20 heavy (non-hydrogen) atoms. The summed E-state index contributed by atoms with van der Waals surface area (Å²) < 4.78 is 5.01. The SMILES string of the molecule is O=C(CNC(=O)c1cccs1)NCC(O)c1ccco1. The van der Waals surface area contributed by atoms with E-state index in [2.05, 4.69) is 10.6 Å². The largest absolute Gasteiger partial charge is 0.467 e. The summed E-state index contributed by atoms with van der Waals surface area (Å²) >= 11 is 1.30. The van der Waals surface area contributed by atoms with Gasteiger partial charge in [0.1, 0.15) is 11.9 Å². The Hall–Kier alpha value is -2.12. The molecule has 2 aromatic heterocycles. The smallest absolute Gasteiger partial charge is 0.261 e. The Morgan fingerprint density at radius 1 is 1.30 bits per heavy atom. The second-order valence-electron chi connectivity index (χ2n) is 4.00. The lowest BCUT2D eigenvalue weighted by molar-refractivity contribution is -0.120. The molecule has 2 heterocycles. The number of furan rings is 1. The van der Waals surface area contributed by atoms with E-state index in [9.17, 15) is 14.7 Å². The highest BCUT2D eigenvalue weighted by atomic mass is 32.1. The summed E-state index contributed by atoms with van der Waals surface area (Å²) in [5.41, 5.74) is 0. The summed E-state index contributed by atoms with van der Waals surface area (Å²) in [4.78, 5) is 23.7. The van der Waals surface area contributed by atoms with Crippen LogP contribution in [0, 0.1) is 0 Å². The number of nitrogens with one attached hydrogen (secondary N) is 2. The third-order valence-corrected chi connectivity index (χ3v) is 3.39. The molecule has 6 nitrogen and oxygen atoms in total. The predicted octanol–water partition coefficient (Wildman–Crippen LogP) is 0.921. The van der Waals surface area contributed by atoms with Crippen molar-refractivity contribution in [2.24, 2.45) is 0 Å². The number of aliphatic hydroxyl groups excluding tert-OH is 1. The molecule has 0 aliphatic heterocycles. The molecule has 0 saturated carbocycles. The third kappa shape index (κ3) is 3.94. The second-order valence-corrected chi connectivity index (χ2v) is 4.94. The molecule has 0 aromatic carbocycles. The van der Waals surface area contributed by atoms with Crippen molar-refractivity contribution in [3.63, 3.8) is 0 Å². The zero-order valence-corrected chi connectivity index (χ0v) is 11.4. The molecule has 2 aromatic rings. The van der Waals surface area contributed by atoms with Crippen LogP contribution in [0.5, 0.6) is 0 Å². The number of rotatable bonds is 6. The Morgan fingerprint density at radius 2 is 2.15 bits per heavy atom. The van der Waals surface area contributed by atoms with Gasteiger partial charge in [-0.05, 0) is 23.6 Å². The topological polar surface area (TPSA) is 91.6 Å². The van der Waals surface area contributed by atoms with Crippen molar-refractivity contribution in [1.29, 1.82) is 0 Å². The van der Waals surface area contributed by atoms with Crippen molar-refractivity contribution >= 4 is 23.2 Å². The van der Waals surface area contributed by atoms with E-state index in [1.54, 1.807) is 29.6 Å². The number of carbonyl (C=O) groups excluding carboxylic acids is 2. The van der Waals surface area contributed by atoms with Gasteiger partial charge in [-0.15, -0.1) is 11.3 Å². The van der Waals surface area contributed by atoms with Gasteiger partial charge < -0.3 is 20.2 Å². The van der Waals surface area contributed by atoms with Crippen molar-refractivity contribution in [3.8, 4) is 0 Å². The van der Waals surface area contributed by atoms with Crippen molar-refractivity contribution in [3.05, 3.63) is 46.5 Å². The quantitative estimate of drug-likeness (QED) is 0.739. The Bertz CT molecular complexity index is 551. The van der Waals surface area contributed by atoms with E-state index in [4.69, 9.17) is 4.42 Å². The fourth-order valence-electron chi connectivity index (χ4n) is 1.51. The number of carbonyl (C=O) groups is 2. The van der Waals surface area contributed by atoms with Gasteiger partial charge in [-0.2, -0.15) is 0 Å². The van der Waals surface area contributed by atoms with Gasteiger partial charge in [0.25, 0.3) is 5.91 Å². The van der Waals surface area contributed by atoms with Crippen molar-refractivity contribution in [2.45, 2.75) is 6.10 Å². The molecule has 1 unspecified atom stereocenters. The molecule has 1 atom stereocenters. The summed E-state index contributed by atoms with van der Waals surface area (Å²) in [5, 5.41) is 16.5. The summed E-state index contributed by atoms with van der Waals surface area (Å²) in [5.74, 6) is -0.282. The minimum Gasteiger partial charge on any atom is -0.467 e. The number of hydrogen-bond donors (Lipinski definition) is 3. The van der Waals surface area contributed by atoms with Gasteiger partial charge in [0.2, 0.25) is 5.91 Å². The summed E-state index contributed by atoms with van der Waals surface area (Å²) in [6.07, 6.45) is 0.545. The Labute approximate surface area is 119 Å². The lowest BCUT2D eigenvalue weighted by Gasteiger charge is -2.09. The first-order valence-corrected chi connectivity index (χ1v) is 6.84. The molecular weight excluding hydrogens is 280 g/mol. The van der Waals surface area contributed by atoms with Crippen molar-refractivity contribution in [2.75, 3.05) is 13.1 Å². The molecule has 0 spiro atoms. The fraction of sp³-hybridized carbons (Fsp3) is 0.231. The Morgan fingerprint density at radius 3 is 2.80 bits per heavy atom. The molecule has 7 heteroatoms. The van der Waals surface area contributed by atoms with Gasteiger partial charge in [-0.1, -0.05) is 6.07 Å². The van der Waals surface area contributed by atoms with Gasteiger partial charge in [0.15, 0.2) is 0 Å². The van der Waals surface area contributed by atoms with Gasteiger partial charge in [0.05, 0.1) is 24.2 Å². The average Bonchev–Trinajstić information content (AvgIpc) is 3.14. The van der Waals surface area contributed by atoms with Gasteiger partial charge in [0, 0.05) is 0 Å². The molecular formula is C13H14N2O4S. The van der Waals surface area contributed by atoms with Gasteiger partial charge in [-0.25, -0.2) is 0 Å². The maximum absolute atomic E-state index is 11.6. The monoisotopic (exact) mass is 294 g/mol. The minimum absolute atomic E-state index is 0.0290. The molecule has 0 fully saturated rings. The van der Waals surface area contributed by atoms with E-state index in [-0.39, 0.29) is 24.9 Å². The second kappa shape index (κ2) is 6.88. The molecule has 2 amide bonds. The van der Waals surface area contributed by atoms with Crippen LogP contribution < -0.4 is 10.6 Å². The number of amides is 2. The first-order chi connectivity index (χ1) is 9.66. The molecule has 0 saturated heterocycles. The van der Waals surface area contributed by atoms with Gasteiger partial charge >= 0.3 is 0 Å². The van der Waals surface area contributed by atoms with Crippen LogP contribution in [0.4, 0.5) is 0 Å². The fourth-order valence-corrected chi connectivity index (χ4v) is 2.15. The molecule has 106 valence electrons. The summed E-state index contributed by atoms with van der Waals surface area (Å²) in [6, 6.07) is 6.72. The van der Waals surface area contributed by atoms with Crippen molar-refractivity contribution in [1.82, 2.24) is 10.6 Å². The summed E-state index contributed by atoms with van der Waals surface area (Å²) in [7, 11) is 0. The first-order valence-electron chi connectivity index (χ1n) is 5.96. The number of aliphatic hydroxyl groups is 1. The molecule has 0 aliphatic rings. The maximum Gasteiger partial charge on any atom is 0.261 e. The van der Waals surface area contributed by atoms with Crippen LogP contribution in [0.3, 0.4) is 0 Å². The molecule has 0 bridgehead atoms. The number of thiophene rings is 1. The van der Waals surface area contributed by atoms with E-state index in [0.29, 0.717) is 10.6 Å². The number of hydrogen-bond acceptors (Lipinski definition) is 5. The van der Waals surface area contributed by atoms with Crippen LogP contribution in [-0.2, 0) is 4.79 Å². The highest BCUT2D eigenvalue weighted by Crippen LogP contribution is 2.11. The van der Waals surface area contributed by atoms with Crippen LogP contribution in [0.1, 0.15) is 21.5 Å². The zero-order chi connectivity index (χ0) is 14.4. The molecule has 0 radical (unpaired) electrons. The van der Waals surface area contributed by atoms with Crippen LogP contribution in [0.15, 0.2) is 40.3 Å². The lowest BCUT2D eigenvalue weighted by atomic mass is 10.3. The van der Waals surface area contributed by atoms with E-state index in [0.717, 1.165) is 0 Å². The maximum atomic E-state index is 11.6. The normalized spacial score (nSPS) is 11.8. The Kier molecular flexibility index (Phi) is 4.91. The van der Waals surface area contributed by atoms with E-state index >= 15 is 0 Å². The molecule has 2 rings (SSSR count). The minimum atomic E-state index is -0.901. The highest BCUT2D eigenvalue weighted by molar-refractivity contribution is 7.12. The zero-order valence-electron chi connectivity index (χ0n) is 10.5. The van der Waals surface area contributed by atoms with E-state index in [1.807, 2.05) is 0 Å². The van der Waals surface area contributed by atoms with Crippen molar-refractivity contribution < 1.29 is 19.1 Å². The highest BCUT2D eigenvalue weighted by Gasteiger charge is 2.13. The lowest BCUT2D eigenvalue weighted by Crippen LogP contribution is -2.38. The molecule has 0 aliphatic carbocycles. The van der Waals surface area contributed by atoms with Gasteiger partial charge in [-0.3, -0.25) is 9.59 Å². The van der Waals surface area contributed by atoms with Crippen LogP contribution >= 0.6 is 11.3 Å². The summed E-state index contributed by atoms with van der Waals surface area (Å²) in [6.45, 7) is -0.108. The Balaban J connectivity index is 1.69. The van der Waals surface area contributed by atoms with Crippen LogP contribution in [-0.4, -0.2) is 30.0 Å². The first kappa shape index (κ1) is 14.3. The van der Waals surface area contributed by atoms with Crippen LogP contribution in [0.2, 0.25) is 0 Å². The van der Waals surface area contributed by atoms with E-state index in [1.165, 1.54) is 17.6 Å². The average molecular weight is 294 g/mol.